The van der Waals surface area contributed by atoms with Gasteiger partial charge in [0.2, 0.25) is 0 Å². The average molecular weight is 386 g/mol. The Bertz CT molecular complexity index is 552. The molecule has 0 aromatic rings. The number of carbonyl (C=O) groups is 2. The first-order valence-electron chi connectivity index (χ1n) is 9.78. The number of ketones is 1. The molecule has 1 saturated carbocycles. The molecule has 1 aliphatic carbocycles. The summed E-state index contributed by atoms with van der Waals surface area (Å²) in [5.74, 6) is -6.46. The Labute approximate surface area is 160 Å². The summed E-state index contributed by atoms with van der Waals surface area (Å²) in [5.41, 5.74) is -1.11. The number of alkyl halides is 2. The summed E-state index contributed by atoms with van der Waals surface area (Å²) in [4.78, 5) is 22.5. The maximum absolute atomic E-state index is 14.2. The van der Waals surface area contributed by atoms with Crippen LogP contribution in [0.15, 0.2) is 24.3 Å². The number of aliphatic hydroxyl groups is 1. The van der Waals surface area contributed by atoms with Gasteiger partial charge in [-0.15, -0.1) is 0 Å². The summed E-state index contributed by atoms with van der Waals surface area (Å²) in [6.45, 7) is 3.69. The molecule has 0 unspecified atom stereocenters. The van der Waals surface area contributed by atoms with Crippen LogP contribution in [0.1, 0.15) is 71.6 Å². The van der Waals surface area contributed by atoms with Gasteiger partial charge in [-0.2, -0.15) is 0 Å². The van der Waals surface area contributed by atoms with Crippen molar-refractivity contribution in [3.8, 4) is 0 Å². The number of hydrogen-bond acceptors (Lipinski definition) is 3. The number of allylic oxidation sites excluding steroid dienone is 3. The molecule has 4 nitrogen and oxygen atoms in total. The van der Waals surface area contributed by atoms with Gasteiger partial charge in [-0.3, -0.25) is 9.59 Å². The van der Waals surface area contributed by atoms with E-state index in [4.69, 9.17) is 5.11 Å². The van der Waals surface area contributed by atoms with Crippen LogP contribution in [-0.2, 0) is 9.59 Å². The molecule has 0 saturated heterocycles. The third-order valence-corrected chi connectivity index (χ3v) is 5.02. The molecule has 0 aliphatic heterocycles. The summed E-state index contributed by atoms with van der Waals surface area (Å²) in [5, 5.41) is 19.0. The van der Waals surface area contributed by atoms with Crippen molar-refractivity contribution in [3.63, 3.8) is 0 Å². The molecule has 0 aromatic heterocycles. The highest BCUT2D eigenvalue weighted by molar-refractivity contribution is 5.86. The predicted octanol–water partition coefficient (Wildman–Crippen LogP) is 4.92. The molecule has 27 heavy (non-hydrogen) atoms. The maximum atomic E-state index is 14.2. The van der Waals surface area contributed by atoms with Crippen molar-refractivity contribution in [2.24, 2.45) is 11.8 Å². The highest BCUT2D eigenvalue weighted by Crippen LogP contribution is 2.45. The monoisotopic (exact) mass is 386 g/mol. The number of unbranched alkanes of at least 4 members (excludes halogenated alkanes) is 3. The molecule has 0 radical (unpaired) electrons. The molecule has 1 fully saturated rings. The number of Topliss-reactive ketones (excluding diaryl/α,β-unsaturated/α-hetero) is 1. The zero-order valence-corrected chi connectivity index (χ0v) is 16.3. The predicted molar refractivity (Wildman–Crippen MR) is 101 cm³/mol. The summed E-state index contributed by atoms with van der Waals surface area (Å²) < 4.78 is 28.5. The number of carbonyl (C=O) groups excluding carboxylic acids is 1. The van der Waals surface area contributed by atoms with Crippen LogP contribution in [0.5, 0.6) is 0 Å². The second kappa shape index (κ2) is 10.7. The minimum absolute atomic E-state index is 0.0426. The van der Waals surface area contributed by atoms with E-state index < -0.39 is 41.5 Å². The lowest BCUT2D eigenvalue weighted by Crippen LogP contribution is -2.26. The Morgan fingerprint density at radius 1 is 1.30 bits per heavy atom. The van der Waals surface area contributed by atoms with Gasteiger partial charge in [0.15, 0.2) is 0 Å². The molecule has 154 valence electrons. The average Bonchev–Trinajstić information content (AvgIpc) is 2.77. The van der Waals surface area contributed by atoms with E-state index in [1.807, 2.05) is 0 Å². The Kier molecular flexibility index (Phi) is 9.30. The van der Waals surface area contributed by atoms with Crippen molar-refractivity contribution in [2.75, 3.05) is 0 Å². The summed E-state index contributed by atoms with van der Waals surface area (Å²) in [7, 11) is 0. The molecule has 3 atom stereocenters. The Morgan fingerprint density at radius 3 is 2.63 bits per heavy atom. The molecule has 2 N–H and O–H groups in total. The lowest BCUT2D eigenvalue weighted by molar-refractivity contribution is -0.137. The highest BCUT2D eigenvalue weighted by Gasteiger charge is 2.53. The zero-order valence-electron chi connectivity index (χ0n) is 16.3. The standard InChI is InChI=1S/C21H32F2O4/c1-3-4-9-13-20(2,27)14-12-16-17(21(22,23)15-18(16)24)10-7-5-6-8-11-19(25)26/h5,7,12,14,16-17,27H,3-4,6,8-11,13,15H2,1-2H3,(H,25,26)/b7-5-,14-12+/t16-,17-,20+/m1/s1. The molecule has 1 aliphatic rings. The SMILES string of the molecule is CCCCC[C@](C)(O)/C=C/[C@H]1C(=O)CC(F)(F)[C@@H]1C/C=C\CCCC(=O)O. The molecule has 1 rings (SSSR count). The normalized spacial score (nSPS) is 24.7. The van der Waals surface area contributed by atoms with Crippen molar-refractivity contribution in [2.45, 2.75) is 83.2 Å². The van der Waals surface area contributed by atoms with E-state index in [0.29, 0.717) is 19.3 Å². The second-order valence-electron chi connectivity index (χ2n) is 7.70. The van der Waals surface area contributed by atoms with Crippen LogP contribution in [-0.4, -0.2) is 33.5 Å². The smallest absolute Gasteiger partial charge is 0.303 e. The van der Waals surface area contributed by atoms with Crippen molar-refractivity contribution in [3.05, 3.63) is 24.3 Å². The van der Waals surface area contributed by atoms with E-state index in [1.54, 1.807) is 19.1 Å². The van der Waals surface area contributed by atoms with Crippen LogP contribution >= 0.6 is 0 Å². The topological polar surface area (TPSA) is 74.6 Å². The third kappa shape index (κ3) is 8.33. The van der Waals surface area contributed by atoms with Gasteiger partial charge in [-0.25, -0.2) is 8.78 Å². The van der Waals surface area contributed by atoms with Crippen LogP contribution in [0.3, 0.4) is 0 Å². The fourth-order valence-corrected chi connectivity index (χ4v) is 3.39. The van der Waals surface area contributed by atoms with Crippen LogP contribution in [0.2, 0.25) is 0 Å². The lowest BCUT2D eigenvalue weighted by Gasteiger charge is -2.22. The van der Waals surface area contributed by atoms with E-state index in [-0.39, 0.29) is 12.8 Å². The first-order chi connectivity index (χ1) is 12.6. The molecule has 0 heterocycles. The van der Waals surface area contributed by atoms with E-state index in [1.165, 1.54) is 12.2 Å². The van der Waals surface area contributed by atoms with Crippen molar-refractivity contribution >= 4 is 11.8 Å². The second-order valence-corrected chi connectivity index (χ2v) is 7.70. The largest absolute Gasteiger partial charge is 0.481 e. The summed E-state index contributed by atoms with van der Waals surface area (Å²) in [6.07, 6.45) is 9.93. The van der Waals surface area contributed by atoms with E-state index >= 15 is 0 Å². The van der Waals surface area contributed by atoms with Gasteiger partial charge in [0.05, 0.1) is 12.0 Å². The Hall–Kier alpha value is -1.56. The molecule has 0 bridgehead atoms. The van der Waals surface area contributed by atoms with Crippen LogP contribution in [0.25, 0.3) is 0 Å². The number of carboxylic acids is 1. The summed E-state index contributed by atoms with van der Waals surface area (Å²) >= 11 is 0. The van der Waals surface area contributed by atoms with E-state index in [0.717, 1.165) is 19.3 Å². The number of rotatable bonds is 12. The maximum Gasteiger partial charge on any atom is 0.303 e. The Balaban J connectivity index is 2.69. The molecule has 6 heteroatoms. The molecular weight excluding hydrogens is 354 g/mol. The lowest BCUT2D eigenvalue weighted by atomic mass is 9.88. The van der Waals surface area contributed by atoms with Crippen molar-refractivity contribution in [1.82, 2.24) is 0 Å². The number of aliphatic carboxylic acids is 1. The van der Waals surface area contributed by atoms with Gasteiger partial charge in [-0.05, 0) is 32.6 Å². The van der Waals surface area contributed by atoms with Gasteiger partial charge in [-0.1, -0.05) is 50.5 Å². The molecule has 0 spiro atoms. The minimum Gasteiger partial charge on any atom is -0.481 e. The third-order valence-electron chi connectivity index (χ3n) is 5.02. The molecular formula is C21H32F2O4. The first kappa shape index (κ1) is 23.5. The fraction of sp³-hybridized carbons (Fsp3) is 0.714. The van der Waals surface area contributed by atoms with E-state index in [9.17, 15) is 23.5 Å². The fourth-order valence-electron chi connectivity index (χ4n) is 3.39. The van der Waals surface area contributed by atoms with Crippen LogP contribution in [0, 0.1) is 11.8 Å². The number of halogens is 2. The number of hydrogen-bond donors (Lipinski definition) is 2. The van der Waals surface area contributed by atoms with Gasteiger partial charge >= 0.3 is 5.97 Å². The van der Waals surface area contributed by atoms with Gasteiger partial charge < -0.3 is 10.2 Å². The minimum atomic E-state index is -3.06. The van der Waals surface area contributed by atoms with Crippen molar-refractivity contribution in [1.29, 1.82) is 0 Å². The highest BCUT2D eigenvalue weighted by atomic mass is 19.3. The van der Waals surface area contributed by atoms with Crippen LogP contribution in [0.4, 0.5) is 8.78 Å². The first-order valence-corrected chi connectivity index (χ1v) is 9.78. The van der Waals surface area contributed by atoms with Gasteiger partial charge in [0.1, 0.15) is 5.78 Å². The van der Waals surface area contributed by atoms with Gasteiger partial charge in [0.25, 0.3) is 5.92 Å². The molecule has 0 amide bonds. The van der Waals surface area contributed by atoms with Crippen molar-refractivity contribution < 1.29 is 28.6 Å². The molecule has 0 aromatic carbocycles. The zero-order chi connectivity index (χ0) is 20.5. The quantitative estimate of drug-likeness (QED) is 0.369. The number of carboxylic acid groups (broad SMARTS) is 1. The van der Waals surface area contributed by atoms with E-state index in [2.05, 4.69) is 6.92 Å². The summed E-state index contributed by atoms with van der Waals surface area (Å²) in [6, 6.07) is 0. The Morgan fingerprint density at radius 2 is 2.00 bits per heavy atom. The van der Waals surface area contributed by atoms with Crippen LogP contribution < -0.4 is 0 Å². The van der Waals surface area contributed by atoms with Gasteiger partial charge in [0, 0.05) is 18.3 Å².